The first-order valence-electron chi connectivity index (χ1n) is 5.96. The lowest BCUT2D eigenvalue weighted by molar-refractivity contribution is 0.178. The van der Waals surface area contributed by atoms with E-state index in [0.717, 1.165) is 0 Å². The van der Waals surface area contributed by atoms with Crippen LogP contribution in [0.3, 0.4) is 0 Å². The first kappa shape index (κ1) is 14.8. The topological polar surface area (TPSA) is 29.5 Å². The molecule has 0 spiro atoms. The summed E-state index contributed by atoms with van der Waals surface area (Å²) in [4.78, 5) is 0. The number of ether oxygens (including phenoxy) is 1. The second kappa shape index (κ2) is 6.20. The molecule has 0 bridgehead atoms. The summed E-state index contributed by atoms with van der Waals surface area (Å²) >= 11 is 5.91. The molecule has 2 nitrogen and oxygen atoms in total. The Morgan fingerprint density at radius 2 is 1.95 bits per heavy atom. The molecule has 0 aromatic heterocycles. The van der Waals surface area contributed by atoms with Crippen LogP contribution in [-0.4, -0.2) is 12.2 Å². The Labute approximate surface area is 120 Å². The minimum Gasteiger partial charge on any atom is -0.494 e. The Hall–Kier alpha value is -1.65. The van der Waals surface area contributed by atoms with Gasteiger partial charge in [0.1, 0.15) is 5.82 Å². The quantitative estimate of drug-likeness (QED) is 0.927. The summed E-state index contributed by atoms with van der Waals surface area (Å²) in [7, 11) is 1.35. The predicted octanol–water partition coefficient (Wildman–Crippen LogP) is 3.90. The van der Waals surface area contributed by atoms with E-state index < -0.39 is 17.7 Å². The third-order valence-electron chi connectivity index (χ3n) is 2.99. The normalized spacial score (nSPS) is 12.2. The maximum absolute atomic E-state index is 13.3. The molecule has 0 amide bonds. The van der Waals surface area contributed by atoms with Crippen molar-refractivity contribution in [1.82, 2.24) is 0 Å². The molecule has 0 aliphatic heterocycles. The molecule has 0 fully saturated rings. The highest BCUT2D eigenvalue weighted by Crippen LogP contribution is 2.27. The smallest absolute Gasteiger partial charge is 0.165 e. The number of hydrogen-bond donors (Lipinski definition) is 1. The lowest BCUT2D eigenvalue weighted by Gasteiger charge is -2.13. The Morgan fingerprint density at radius 1 is 1.20 bits per heavy atom. The van der Waals surface area contributed by atoms with E-state index in [4.69, 9.17) is 16.3 Å². The van der Waals surface area contributed by atoms with Gasteiger partial charge in [-0.1, -0.05) is 23.7 Å². The molecular weight excluding hydrogens is 286 g/mol. The van der Waals surface area contributed by atoms with Crippen LogP contribution in [0.4, 0.5) is 8.78 Å². The van der Waals surface area contributed by atoms with Gasteiger partial charge in [0, 0.05) is 11.4 Å². The van der Waals surface area contributed by atoms with E-state index in [1.807, 2.05) is 0 Å². The second-order valence-corrected chi connectivity index (χ2v) is 4.76. The molecule has 2 aromatic rings. The number of aliphatic hydroxyl groups excluding tert-OH is 1. The number of hydrogen-bond acceptors (Lipinski definition) is 2. The van der Waals surface area contributed by atoms with Crippen molar-refractivity contribution in [3.63, 3.8) is 0 Å². The molecule has 0 saturated carbocycles. The average Bonchev–Trinajstić information content (AvgIpc) is 2.42. The molecule has 1 unspecified atom stereocenters. The maximum atomic E-state index is 13.3. The van der Waals surface area contributed by atoms with Crippen LogP contribution < -0.4 is 4.74 Å². The van der Waals surface area contributed by atoms with Crippen molar-refractivity contribution in [2.75, 3.05) is 7.11 Å². The van der Waals surface area contributed by atoms with Gasteiger partial charge in [0.15, 0.2) is 11.6 Å². The number of halogens is 3. The maximum Gasteiger partial charge on any atom is 0.165 e. The molecule has 0 heterocycles. The van der Waals surface area contributed by atoms with E-state index >= 15 is 0 Å². The molecule has 1 N–H and O–H groups in total. The zero-order valence-electron chi connectivity index (χ0n) is 10.7. The molecule has 0 aliphatic carbocycles. The van der Waals surface area contributed by atoms with Crippen molar-refractivity contribution in [1.29, 1.82) is 0 Å². The summed E-state index contributed by atoms with van der Waals surface area (Å²) in [5.74, 6) is -0.869. The summed E-state index contributed by atoms with van der Waals surface area (Å²) in [5, 5.41) is 10.4. The SMILES string of the molecule is COc1cc(C(O)Cc2ccc(F)cc2Cl)ccc1F. The fraction of sp³-hybridized carbons (Fsp3) is 0.200. The van der Waals surface area contributed by atoms with E-state index in [1.54, 1.807) is 0 Å². The minimum atomic E-state index is -0.882. The number of methoxy groups -OCH3 is 1. The Morgan fingerprint density at radius 3 is 2.60 bits per heavy atom. The molecule has 5 heteroatoms. The van der Waals surface area contributed by atoms with Crippen LogP contribution in [0.1, 0.15) is 17.2 Å². The Bertz CT molecular complexity index is 617. The van der Waals surface area contributed by atoms with E-state index in [-0.39, 0.29) is 17.2 Å². The molecule has 106 valence electrons. The molecule has 1 atom stereocenters. The van der Waals surface area contributed by atoms with Gasteiger partial charge in [0.2, 0.25) is 0 Å². The fourth-order valence-corrected chi connectivity index (χ4v) is 2.14. The standard InChI is InChI=1S/C15H13ClF2O2/c1-20-15-7-10(3-5-13(15)18)14(19)6-9-2-4-11(17)8-12(9)16/h2-5,7-8,14,19H,6H2,1H3. The molecule has 0 aliphatic rings. The van der Waals surface area contributed by atoms with Crippen LogP contribution in [-0.2, 0) is 6.42 Å². The molecular formula is C15H13ClF2O2. The van der Waals surface area contributed by atoms with Crippen molar-refractivity contribution in [2.24, 2.45) is 0 Å². The van der Waals surface area contributed by atoms with Crippen molar-refractivity contribution in [2.45, 2.75) is 12.5 Å². The highest BCUT2D eigenvalue weighted by Gasteiger charge is 2.14. The summed E-state index contributed by atoms with van der Waals surface area (Å²) < 4.78 is 31.1. The van der Waals surface area contributed by atoms with Crippen LogP contribution >= 0.6 is 11.6 Å². The fourth-order valence-electron chi connectivity index (χ4n) is 1.90. The number of benzene rings is 2. The molecule has 2 rings (SSSR count). The Kier molecular flexibility index (Phi) is 4.57. The van der Waals surface area contributed by atoms with Gasteiger partial charge in [-0.15, -0.1) is 0 Å². The van der Waals surface area contributed by atoms with Gasteiger partial charge in [0.25, 0.3) is 0 Å². The summed E-state index contributed by atoms with van der Waals surface area (Å²) in [5.41, 5.74) is 1.12. The second-order valence-electron chi connectivity index (χ2n) is 4.35. The van der Waals surface area contributed by atoms with E-state index in [2.05, 4.69) is 0 Å². The lowest BCUT2D eigenvalue weighted by atomic mass is 10.0. The van der Waals surface area contributed by atoms with Crippen LogP contribution in [0.15, 0.2) is 36.4 Å². The van der Waals surface area contributed by atoms with Gasteiger partial charge in [-0.3, -0.25) is 0 Å². The third kappa shape index (κ3) is 3.26. The average molecular weight is 299 g/mol. The molecule has 0 radical (unpaired) electrons. The monoisotopic (exact) mass is 298 g/mol. The van der Waals surface area contributed by atoms with Crippen molar-refractivity contribution < 1.29 is 18.6 Å². The van der Waals surface area contributed by atoms with E-state index in [9.17, 15) is 13.9 Å². The largest absolute Gasteiger partial charge is 0.494 e. The molecule has 20 heavy (non-hydrogen) atoms. The van der Waals surface area contributed by atoms with Gasteiger partial charge in [-0.05, 0) is 35.4 Å². The first-order chi connectivity index (χ1) is 9.51. The van der Waals surface area contributed by atoms with Gasteiger partial charge in [-0.2, -0.15) is 0 Å². The zero-order valence-corrected chi connectivity index (χ0v) is 11.5. The lowest BCUT2D eigenvalue weighted by Crippen LogP contribution is -2.03. The highest BCUT2D eigenvalue weighted by molar-refractivity contribution is 6.31. The van der Waals surface area contributed by atoms with Crippen LogP contribution in [0, 0.1) is 11.6 Å². The van der Waals surface area contributed by atoms with Crippen LogP contribution in [0.5, 0.6) is 5.75 Å². The Balaban J connectivity index is 2.21. The van der Waals surface area contributed by atoms with Crippen LogP contribution in [0.2, 0.25) is 5.02 Å². The van der Waals surface area contributed by atoms with Crippen LogP contribution in [0.25, 0.3) is 0 Å². The molecule has 0 saturated heterocycles. The third-order valence-corrected chi connectivity index (χ3v) is 3.34. The number of aliphatic hydroxyl groups is 1. The van der Waals surface area contributed by atoms with Gasteiger partial charge in [-0.25, -0.2) is 8.78 Å². The molecule has 2 aromatic carbocycles. The first-order valence-corrected chi connectivity index (χ1v) is 6.34. The summed E-state index contributed by atoms with van der Waals surface area (Å²) in [6.45, 7) is 0. The van der Waals surface area contributed by atoms with Crippen molar-refractivity contribution >= 4 is 11.6 Å². The van der Waals surface area contributed by atoms with Crippen molar-refractivity contribution in [3.05, 3.63) is 64.2 Å². The van der Waals surface area contributed by atoms with Gasteiger partial charge in [0.05, 0.1) is 13.2 Å². The number of rotatable bonds is 4. The van der Waals surface area contributed by atoms with Crippen molar-refractivity contribution in [3.8, 4) is 5.75 Å². The van der Waals surface area contributed by atoms with Gasteiger partial charge >= 0.3 is 0 Å². The predicted molar refractivity (Wildman–Crippen MR) is 73.0 cm³/mol. The highest BCUT2D eigenvalue weighted by atomic mass is 35.5. The van der Waals surface area contributed by atoms with Gasteiger partial charge < -0.3 is 9.84 Å². The van der Waals surface area contributed by atoms with E-state index in [0.29, 0.717) is 11.1 Å². The summed E-state index contributed by atoms with van der Waals surface area (Å²) in [6.07, 6.45) is -0.680. The zero-order chi connectivity index (χ0) is 14.7. The minimum absolute atomic E-state index is 0.0618. The summed E-state index contributed by atoms with van der Waals surface area (Å²) in [6, 6.07) is 8.11. The van der Waals surface area contributed by atoms with E-state index in [1.165, 1.54) is 43.5 Å².